The van der Waals surface area contributed by atoms with E-state index in [2.05, 4.69) is 63.1 Å². The highest BCUT2D eigenvalue weighted by Crippen LogP contribution is 2.29. The number of aromatic hydroxyl groups is 1. The number of hydrogen-bond donors (Lipinski definition) is 2. The van der Waals surface area contributed by atoms with E-state index in [0.29, 0.717) is 30.0 Å². The lowest BCUT2D eigenvalue weighted by molar-refractivity contribution is -0.116. The fraction of sp³-hybridized carbons (Fsp3) is 0.424. The Morgan fingerprint density at radius 1 is 1.00 bits per heavy atom. The van der Waals surface area contributed by atoms with Crippen LogP contribution >= 0.6 is 0 Å². The first-order valence-electron chi connectivity index (χ1n) is 13.8. The number of allylic oxidation sites excluding steroid dienone is 2. The molecule has 3 aromatic rings. The molecule has 0 radical (unpaired) electrons. The molecule has 0 aliphatic carbocycles. The van der Waals surface area contributed by atoms with E-state index in [1.165, 1.54) is 11.1 Å². The fourth-order valence-electron chi connectivity index (χ4n) is 5.10. The van der Waals surface area contributed by atoms with Crippen LogP contribution in [0.2, 0.25) is 0 Å². The second-order valence-electron chi connectivity index (χ2n) is 11.1. The molecule has 5 heteroatoms. The molecule has 5 nitrogen and oxygen atoms in total. The van der Waals surface area contributed by atoms with Gasteiger partial charge in [0, 0.05) is 12.0 Å². The van der Waals surface area contributed by atoms with Crippen molar-refractivity contribution in [3.63, 3.8) is 0 Å². The zero-order valence-corrected chi connectivity index (χ0v) is 23.6. The van der Waals surface area contributed by atoms with Crippen LogP contribution in [0.15, 0.2) is 72.4 Å². The third-order valence-electron chi connectivity index (χ3n) is 6.59. The van der Waals surface area contributed by atoms with Crippen LogP contribution in [-0.2, 0) is 17.6 Å². The van der Waals surface area contributed by atoms with Crippen molar-refractivity contribution in [3.8, 4) is 17.0 Å². The molecule has 2 aromatic carbocycles. The van der Waals surface area contributed by atoms with Crippen molar-refractivity contribution in [1.82, 2.24) is 9.97 Å². The lowest BCUT2D eigenvalue weighted by atomic mass is 9.85. The van der Waals surface area contributed by atoms with Crippen molar-refractivity contribution < 1.29 is 9.90 Å². The van der Waals surface area contributed by atoms with E-state index in [-0.39, 0.29) is 11.7 Å². The predicted octanol–water partition coefficient (Wildman–Crippen LogP) is 8.01. The Balaban J connectivity index is 1.81. The number of hydrogen-bond acceptors (Lipinski definition) is 4. The van der Waals surface area contributed by atoms with Crippen molar-refractivity contribution in [2.45, 2.75) is 73.1 Å². The maximum absolute atomic E-state index is 12.9. The number of aryl methyl sites for hydroxylation is 1. The molecular formula is C33H43N3O2. The first-order valence-corrected chi connectivity index (χ1v) is 13.8. The number of benzene rings is 2. The zero-order chi connectivity index (χ0) is 27.5. The molecule has 0 fully saturated rings. The van der Waals surface area contributed by atoms with E-state index >= 15 is 0 Å². The van der Waals surface area contributed by atoms with E-state index in [1.54, 1.807) is 18.3 Å². The summed E-state index contributed by atoms with van der Waals surface area (Å²) < 4.78 is 0. The van der Waals surface area contributed by atoms with Crippen LogP contribution in [0, 0.1) is 17.8 Å². The second kappa shape index (κ2) is 14.5. The maximum Gasteiger partial charge on any atom is 0.225 e. The number of nitrogens with one attached hydrogen (secondary N) is 1. The molecule has 3 rings (SSSR count). The van der Waals surface area contributed by atoms with Gasteiger partial charge in [-0.15, -0.1) is 0 Å². The molecule has 202 valence electrons. The van der Waals surface area contributed by atoms with Crippen molar-refractivity contribution in [2.24, 2.45) is 17.8 Å². The first kappa shape index (κ1) is 29.1. The summed E-state index contributed by atoms with van der Waals surface area (Å²) in [6.07, 6.45) is 9.00. The van der Waals surface area contributed by atoms with Crippen LogP contribution in [0.4, 0.5) is 5.82 Å². The standard InChI is InChI=1S/C33H43N3O2/c1-23(2)18-25(5)20-27(19-24(3)4)21-30-33(34-22-31(35-30)28-14-16-29(37)17-15-28)36-32(38)13-9-12-26-10-7-6-8-11-26/h6-8,10-11,14-18,22,24-25,27,37H,9,12-13,19-21H2,1-5H3,(H,34,36,38). The molecule has 2 N–H and O–H groups in total. The average Bonchev–Trinajstić information content (AvgIpc) is 2.85. The number of amides is 1. The molecule has 0 saturated heterocycles. The zero-order valence-electron chi connectivity index (χ0n) is 23.6. The molecule has 0 spiro atoms. The van der Waals surface area contributed by atoms with E-state index < -0.39 is 0 Å². The number of rotatable bonds is 13. The normalized spacial score (nSPS) is 12.7. The summed E-state index contributed by atoms with van der Waals surface area (Å²) in [5.74, 6) is 2.18. The monoisotopic (exact) mass is 513 g/mol. The second-order valence-corrected chi connectivity index (χ2v) is 11.1. The molecule has 0 bridgehead atoms. The smallest absolute Gasteiger partial charge is 0.225 e. The fourth-order valence-corrected chi connectivity index (χ4v) is 5.10. The highest BCUT2D eigenvalue weighted by molar-refractivity contribution is 5.90. The van der Waals surface area contributed by atoms with Gasteiger partial charge in [-0.2, -0.15) is 0 Å². The van der Waals surface area contributed by atoms with Crippen LogP contribution in [-0.4, -0.2) is 21.0 Å². The minimum Gasteiger partial charge on any atom is -0.508 e. The van der Waals surface area contributed by atoms with Crippen molar-refractivity contribution in [1.29, 1.82) is 0 Å². The maximum atomic E-state index is 12.9. The van der Waals surface area contributed by atoms with Crippen LogP contribution in [0.25, 0.3) is 11.3 Å². The number of aromatic nitrogens is 2. The van der Waals surface area contributed by atoms with Gasteiger partial charge in [0.15, 0.2) is 5.82 Å². The van der Waals surface area contributed by atoms with Crippen LogP contribution in [0.5, 0.6) is 5.75 Å². The Kier molecular flexibility index (Phi) is 11.1. The highest BCUT2D eigenvalue weighted by atomic mass is 16.3. The number of nitrogens with zero attached hydrogens (tertiary/aromatic N) is 2. The summed E-state index contributed by atoms with van der Waals surface area (Å²) in [6, 6.07) is 17.2. The highest BCUT2D eigenvalue weighted by Gasteiger charge is 2.20. The van der Waals surface area contributed by atoms with Gasteiger partial charge in [-0.1, -0.05) is 62.8 Å². The minimum atomic E-state index is -0.0350. The van der Waals surface area contributed by atoms with Gasteiger partial charge in [0.05, 0.1) is 17.6 Å². The number of anilines is 1. The topological polar surface area (TPSA) is 75.1 Å². The molecule has 2 unspecified atom stereocenters. The summed E-state index contributed by atoms with van der Waals surface area (Å²) in [5, 5.41) is 12.8. The summed E-state index contributed by atoms with van der Waals surface area (Å²) in [7, 11) is 0. The van der Waals surface area contributed by atoms with Gasteiger partial charge in [0.1, 0.15) is 5.75 Å². The molecule has 38 heavy (non-hydrogen) atoms. The van der Waals surface area contributed by atoms with Crippen LogP contribution in [0.1, 0.15) is 71.6 Å². The molecule has 1 amide bonds. The average molecular weight is 514 g/mol. The van der Waals surface area contributed by atoms with Gasteiger partial charge in [-0.05, 0) is 93.5 Å². The van der Waals surface area contributed by atoms with E-state index in [0.717, 1.165) is 49.1 Å². The molecular weight excluding hydrogens is 470 g/mol. The van der Waals surface area contributed by atoms with Crippen LogP contribution < -0.4 is 5.32 Å². The summed E-state index contributed by atoms with van der Waals surface area (Å²) in [4.78, 5) is 22.6. The molecule has 0 saturated carbocycles. The minimum absolute atomic E-state index is 0.0350. The molecule has 1 aromatic heterocycles. The lowest BCUT2D eigenvalue weighted by Gasteiger charge is -2.23. The van der Waals surface area contributed by atoms with Gasteiger partial charge in [0.25, 0.3) is 0 Å². The first-order chi connectivity index (χ1) is 18.2. The van der Waals surface area contributed by atoms with Gasteiger partial charge in [-0.3, -0.25) is 4.79 Å². The van der Waals surface area contributed by atoms with Crippen molar-refractivity contribution in [3.05, 3.63) is 83.7 Å². The SMILES string of the molecule is CC(C)=CC(C)CC(Cc1nc(-c2ccc(O)cc2)cnc1NC(=O)CCCc1ccccc1)CC(C)C. The third-order valence-corrected chi connectivity index (χ3v) is 6.59. The van der Waals surface area contributed by atoms with Crippen molar-refractivity contribution in [2.75, 3.05) is 5.32 Å². The number of carbonyl (C=O) groups excluding carboxylic acids is 1. The Hall–Kier alpha value is -3.47. The molecule has 2 atom stereocenters. The quantitative estimate of drug-likeness (QED) is 0.227. The Morgan fingerprint density at radius 2 is 1.71 bits per heavy atom. The third kappa shape index (κ3) is 9.77. The lowest BCUT2D eigenvalue weighted by Crippen LogP contribution is -2.18. The van der Waals surface area contributed by atoms with Gasteiger partial charge in [-0.25, -0.2) is 9.97 Å². The predicted molar refractivity (Wildman–Crippen MR) is 157 cm³/mol. The number of carbonyl (C=O) groups is 1. The largest absolute Gasteiger partial charge is 0.508 e. The van der Waals surface area contributed by atoms with E-state index in [1.807, 2.05) is 30.3 Å². The summed E-state index contributed by atoms with van der Waals surface area (Å²) in [6.45, 7) is 11.1. The Morgan fingerprint density at radius 3 is 2.37 bits per heavy atom. The van der Waals surface area contributed by atoms with Gasteiger partial charge in [0.2, 0.25) is 5.91 Å². The van der Waals surface area contributed by atoms with Crippen LogP contribution in [0.3, 0.4) is 0 Å². The molecule has 0 aliphatic rings. The molecule has 0 aliphatic heterocycles. The Labute approximate surface area is 228 Å². The van der Waals surface area contributed by atoms with Crippen molar-refractivity contribution >= 4 is 11.7 Å². The molecule has 1 heterocycles. The van der Waals surface area contributed by atoms with E-state index in [4.69, 9.17) is 4.98 Å². The number of phenols is 1. The van der Waals surface area contributed by atoms with E-state index in [9.17, 15) is 9.90 Å². The summed E-state index contributed by atoms with van der Waals surface area (Å²) >= 11 is 0. The number of phenolic OH excluding ortho intramolecular Hbond substituents is 1. The summed E-state index contributed by atoms with van der Waals surface area (Å²) in [5.41, 5.74) is 5.01. The van der Waals surface area contributed by atoms with Gasteiger partial charge < -0.3 is 10.4 Å². The van der Waals surface area contributed by atoms with Gasteiger partial charge >= 0.3 is 0 Å². The Bertz CT molecular complexity index is 1180.